The van der Waals surface area contributed by atoms with Crippen LogP contribution in [0.15, 0.2) is 23.9 Å². The molecule has 0 aromatic carbocycles. The van der Waals surface area contributed by atoms with Crippen molar-refractivity contribution in [1.82, 2.24) is 9.91 Å². The second kappa shape index (κ2) is 6.20. The number of imide groups is 1. The van der Waals surface area contributed by atoms with E-state index in [1.807, 2.05) is 26.0 Å². The predicted octanol–water partition coefficient (Wildman–Crippen LogP) is 0.791. The Hall–Kier alpha value is -1.62. The topological polar surface area (TPSA) is 66.6 Å². The van der Waals surface area contributed by atoms with Crippen molar-refractivity contribution in [2.75, 3.05) is 13.1 Å². The Morgan fingerprint density at radius 3 is 2.24 bits per heavy atom. The first-order chi connectivity index (χ1) is 8.18. The van der Waals surface area contributed by atoms with Crippen molar-refractivity contribution >= 4 is 11.8 Å². The molecule has 17 heavy (non-hydrogen) atoms. The Morgan fingerprint density at radius 1 is 1.18 bits per heavy atom. The highest BCUT2D eigenvalue weighted by Crippen LogP contribution is 2.18. The van der Waals surface area contributed by atoms with E-state index in [1.165, 1.54) is 0 Å². The molecule has 1 fully saturated rings. The number of carbonyl (C=O) groups excluding carboxylic acids is 2. The third-order valence-corrected chi connectivity index (χ3v) is 2.59. The number of nitrogens with two attached hydrogens (primary N) is 1. The lowest BCUT2D eigenvalue weighted by atomic mass is 10.1. The molecule has 1 aliphatic heterocycles. The maximum Gasteiger partial charge on any atom is 0.263 e. The summed E-state index contributed by atoms with van der Waals surface area (Å²) in [6.07, 6.45) is 7.78. The van der Waals surface area contributed by atoms with Crippen LogP contribution >= 0.6 is 0 Å². The van der Waals surface area contributed by atoms with Gasteiger partial charge < -0.3 is 4.90 Å². The monoisotopic (exact) mass is 237 g/mol. The van der Waals surface area contributed by atoms with E-state index >= 15 is 0 Å². The Bertz CT molecular complexity index is 343. The highest BCUT2D eigenvalue weighted by Gasteiger charge is 2.29. The third kappa shape index (κ3) is 3.17. The van der Waals surface area contributed by atoms with Crippen molar-refractivity contribution < 1.29 is 9.59 Å². The van der Waals surface area contributed by atoms with Crippen molar-refractivity contribution in [3.63, 3.8) is 0 Å². The highest BCUT2D eigenvalue weighted by atomic mass is 16.2. The summed E-state index contributed by atoms with van der Waals surface area (Å²) in [4.78, 5) is 24.5. The van der Waals surface area contributed by atoms with Gasteiger partial charge in [0, 0.05) is 5.70 Å². The lowest BCUT2D eigenvalue weighted by molar-refractivity contribution is -0.150. The summed E-state index contributed by atoms with van der Waals surface area (Å²) in [6.45, 7) is 4.39. The zero-order chi connectivity index (χ0) is 12.8. The molecule has 2 amide bonds. The van der Waals surface area contributed by atoms with E-state index in [0.29, 0.717) is 5.01 Å². The zero-order valence-electron chi connectivity index (χ0n) is 10.3. The Kier molecular flexibility index (Phi) is 4.90. The lowest BCUT2D eigenvalue weighted by Gasteiger charge is -2.33. The molecule has 1 heterocycles. The fourth-order valence-corrected chi connectivity index (χ4v) is 1.73. The van der Waals surface area contributed by atoms with Gasteiger partial charge in [-0.15, -0.1) is 0 Å². The summed E-state index contributed by atoms with van der Waals surface area (Å²) >= 11 is 0. The SMILES string of the molecule is CC.NN1C(=O)CN(C2=CC=CCC2)CC1=O. The molecule has 0 saturated carbocycles. The molecule has 0 aromatic heterocycles. The van der Waals surface area contributed by atoms with Crippen LogP contribution in [0.1, 0.15) is 26.7 Å². The molecule has 0 unspecified atom stereocenters. The second-order valence-corrected chi connectivity index (χ2v) is 3.64. The fourth-order valence-electron chi connectivity index (χ4n) is 1.73. The molecule has 1 saturated heterocycles. The minimum Gasteiger partial charge on any atom is -0.356 e. The van der Waals surface area contributed by atoms with E-state index in [9.17, 15) is 9.59 Å². The van der Waals surface area contributed by atoms with E-state index in [-0.39, 0.29) is 24.9 Å². The highest BCUT2D eigenvalue weighted by molar-refractivity contribution is 5.98. The lowest BCUT2D eigenvalue weighted by Crippen LogP contribution is -2.56. The summed E-state index contributed by atoms with van der Waals surface area (Å²) in [5.74, 6) is 4.60. The largest absolute Gasteiger partial charge is 0.356 e. The van der Waals surface area contributed by atoms with Gasteiger partial charge in [-0.1, -0.05) is 26.0 Å². The van der Waals surface area contributed by atoms with E-state index in [1.54, 1.807) is 4.90 Å². The molecule has 0 atom stereocenters. The first kappa shape index (κ1) is 13.4. The van der Waals surface area contributed by atoms with Crippen LogP contribution in [0.3, 0.4) is 0 Å². The molecule has 0 bridgehead atoms. The number of hydrogen-bond acceptors (Lipinski definition) is 4. The van der Waals surface area contributed by atoms with Crippen molar-refractivity contribution in [3.05, 3.63) is 23.9 Å². The summed E-state index contributed by atoms with van der Waals surface area (Å²) in [5, 5.41) is 0.704. The number of piperazine rings is 1. The van der Waals surface area contributed by atoms with Crippen LogP contribution in [0, 0.1) is 0 Å². The van der Waals surface area contributed by atoms with Crippen LogP contribution in [-0.2, 0) is 9.59 Å². The van der Waals surface area contributed by atoms with Crippen molar-refractivity contribution in [1.29, 1.82) is 0 Å². The first-order valence-electron chi connectivity index (χ1n) is 5.89. The van der Waals surface area contributed by atoms with Crippen LogP contribution in [0.25, 0.3) is 0 Å². The van der Waals surface area contributed by atoms with E-state index in [4.69, 9.17) is 5.84 Å². The molecule has 5 nitrogen and oxygen atoms in total. The number of hydrogen-bond donors (Lipinski definition) is 1. The number of amides is 2. The van der Waals surface area contributed by atoms with E-state index in [0.717, 1.165) is 18.5 Å². The number of carbonyl (C=O) groups is 2. The van der Waals surface area contributed by atoms with Crippen LogP contribution in [0.5, 0.6) is 0 Å². The first-order valence-corrected chi connectivity index (χ1v) is 5.89. The molecule has 0 radical (unpaired) electrons. The van der Waals surface area contributed by atoms with Crippen LogP contribution in [-0.4, -0.2) is 34.8 Å². The third-order valence-electron chi connectivity index (χ3n) is 2.59. The minimum absolute atomic E-state index is 0.196. The van der Waals surface area contributed by atoms with Gasteiger partial charge in [-0.2, -0.15) is 0 Å². The van der Waals surface area contributed by atoms with Crippen molar-refractivity contribution in [2.24, 2.45) is 5.84 Å². The molecule has 94 valence electrons. The van der Waals surface area contributed by atoms with E-state index < -0.39 is 0 Å². The normalized spacial score (nSPS) is 19.8. The quantitative estimate of drug-likeness (QED) is 0.416. The number of allylic oxidation sites excluding steroid dienone is 4. The fraction of sp³-hybridized carbons (Fsp3) is 0.500. The van der Waals surface area contributed by atoms with Gasteiger partial charge in [0.15, 0.2) is 0 Å². The molecule has 0 aromatic rings. The van der Waals surface area contributed by atoms with Crippen LogP contribution < -0.4 is 5.84 Å². The average Bonchev–Trinajstić information content (AvgIpc) is 2.39. The number of rotatable bonds is 1. The zero-order valence-corrected chi connectivity index (χ0v) is 10.3. The van der Waals surface area contributed by atoms with Gasteiger partial charge in [0.1, 0.15) is 0 Å². The molecule has 2 rings (SSSR count). The van der Waals surface area contributed by atoms with Crippen molar-refractivity contribution in [3.8, 4) is 0 Å². The standard InChI is InChI=1S/C10H13N3O2.C2H6/c11-13-9(14)6-12(7-10(13)15)8-4-2-1-3-5-8;1-2/h1-2,4H,3,5-7,11H2;1-2H3. The maximum absolute atomic E-state index is 11.4. The van der Waals surface area contributed by atoms with Crippen LogP contribution in [0.2, 0.25) is 0 Å². The van der Waals surface area contributed by atoms with Gasteiger partial charge in [0.25, 0.3) is 11.8 Å². The summed E-state index contributed by atoms with van der Waals surface area (Å²) in [7, 11) is 0. The molecule has 1 aliphatic carbocycles. The summed E-state index contributed by atoms with van der Waals surface area (Å²) in [6, 6.07) is 0. The average molecular weight is 237 g/mol. The van der Waals surface area contributed by atoms with Crippen LogP contribution in [0.4, 0.5) is 0 Å². The van der Waals surface area contributed by atoms with Gasteiger partial charge in [0.05, 0.1) is 13.1 Å². The Balaban J connectivity index is 0.000000686. The van der Waals surface area contributed by atoms with Gasteiger partial charge in [-0.05, 0) is 18.9 Å². The molecular weight excluding hydrogens is 218 g/mol. The number of hydrazine groups is 1. The minimum atomic E-state index is -0.346. The van der Waals surface area contributed by atoms with Crippen molar-refractivity contribution in [2.45, 2.75) is 26.7 Å². The predicted molar refractivity (Wildman–Crippen MR) is 65.4 cm³/mol. The smallest absolute Gasteiger partial charge is 0.263 e. The molecule has 0 spiro atoms. The van der Waals surface area contributed by atoms with E-state index in [2.05, 4.69) is 6.08 Å². The van der Waals surface area contributed by atoms with Gasteiger partial charge in [0.2, 0.25) is 0 Å². The van der Waals surface area contributed by atoms with Gasteiger partial charge in [-0.25, -0.2) is 10.9 Å². The second-order valence-electron chi connectivity index (χ2n) is 3.64. The Morgan fingerprint density at radius 2 is 1.76 bits per heavy atom. The molecule has 2 N–H and O–H groups in total. The summed E-state index contributed by atoms with van der Waals surface area (Å²) < 4.78 is 0. The maximum atomic E-state index is 11.4. The number of nitrogens with zero attached hydrogens (tertiary/aromatic N) is 2. The molecule has 2 aliphatic rings. The Labute approximate surface area is 102 Å². The summed E-state index contributed by atoms with van der Waals surface area (Å²) in [5.41, 5.74) is 1.03. The van der Waals surface area contributed by atoms with Gasteiger partial charge in [-0.3, -0.25) is 9.59 Å². The molecule has 5 heteroatoms. The van der Waals surface area contributed by atoms with Gasteiger partial charge >= 0.3 is 0 Å². The molecular formula is C12H19N3O2.